The fraction of sp³-hybridized carbons (Fsp3) is 0.533. The van der Waals surface area contributed by atoms with Crippen molar-refractivity contribution < 1.29 is 14.6 Å². The van der Waals surface area contributed by atoms with Crippen molar-refractivity contribution in [3.8, 4) is 0 Å². The van der Waals surface area contributed by atoms with Crippen molar-refractivity contribution in [2.24, 2.45) is 0 Å². The number of sulfonamides is 1. The van der Waals surface area contributed by atoms with E-state index in [9.17, 15) is 13.2 Å². The van der Waals surface area contributed by atoms with Crippen LogP contribution in [0.4, 0.5) is 0 Å². The second-order valence-corrected chi connectivity index (χ2v) is 7.11. The third-order valence-corrected chi connectivity index (χ3v) is 5.25. The van der Waals surface area contributed by atoms with Gasteiger partial charge in [-0.3, -0.25) is 4.79 Å². The molecule has 0 radical (unpaired) electrons. The quantitative estimate of drug-likeness (QED) is 0.686. The number of carbonyl (C=O) groups excluding carboxylic acids is 1. The van der Waals surface area contributed by atoms with Crippen molar-refractivity contribution in [3.05, 3.63) is 29.8 Å². The predicted octanol–water partition coefficient (Wildman–Crippen LogP) is 3.14. The molecule has 1 N–H and O–H groups in total. The van der Waals surface area contributed by atoms with Crippen LogP contribution in [0.1, 0.15) is 57.2 Å². The Labute approximate surface area is 122 Å². The van der Waals surface area contributed by atoms with E-state index >= 15 is 0 Å². The van der Waals surface area contributed by atoms with Crippen LogP contribution in [0.15, 0.2) is 29.2 Å². The van der Waals surface area contributed by atoms with Gasteiger partial charge in [-0.1, -0.05) is 37.8 Å². The lowest BCUT2D eigenvalue weighted by molar-refractivity contribution is 0.101. The molecule has 1 aliphatic rings. The van der Waals surface area contributed by atoms with Gasteiger partial charge >= 0.3 is 0 Å². The summed E-state index contributed by atoms with van der Waals surface area (Å²) in [5, 5.41) is 0. The van der Waals surface area contributed by atoms with Crippen LogP contribution in [0.5, 0.6) is 0 Å². The number of benzene rings is 1. The van der Waals surface area contributed by atoms with Crippen molar-refractivity contribution in [2.75, 3.05) is 0 Å². The molecule has 1 aromatic rings. The minimum Gasteiger partial charge on any atom is -0.295 e. The predicted molar refractivity (Wildman–Crippen MR) is 80.4 cm³/mol. The van der Waals surface area contributed by atoms with Crippen molar-refractivity contribution in [3.63, 3.8) is 0 Å². The molecule has 0 amide bonds. The Morgan fingerprint density at radius 2 is 1.85 bits per heavy atom. The van der Waals surface area contributed by atoms with Crippen molar-refractivity contribution in [2.45, 2.75) is 56.4 Å². The molecule has 0 unspecified atom stereocenters. The van der Waals surface area contributed by atoms with Gasteiger partial charge in [0, 0.05) is 13.0 Å². The molecule has 0 saturated heterocycles. The fourth-order valence-corrected chi connectivity index (χ4v) is 3.92. The number of rotatable bonds is 4. The van der Waals surface area contributed by atoms with E-state index in [0.717, 1.165) is 25.7 Å². The van der Waals surface area contributed by atoms with Crippen LogP contribution in [0.2, 0.25) is 0 Å². The number of nitrogens with one attached hydrogen (secondary N) is 1. The van der Waals surface area contributed by atoms with E-state index < -0.39 is 10.0 Å². The number of hydrogen-bond donors (Lipinski definition) is 1. The summed E-state index contributed by atoms with van der Waals surface area (Å²) in [5.41, 5.74) is 0.425. The molecule has 0 bridgehead atoms. The van der Waals surface area contributed by atoms with E-state index in [-0.39, 0.29) is 18.1 Å². The molecule has 0 atom stereocenters. The Kier molecular flexibility index (Phi) is 4.94. The van der Waals surface area contributed by atoms with Gasteiger partial charge in [0.2, 0.25) is 10.0 Å². The van der Waals surface area contributed by atoms with Crippen molar-refractivity contribution in [1.82, 2.24) is 4.72 Å². The molecule has 0 aromatic heterocycles. The van der Waals surface area contributed by atoms with Gasteiger partial charge in [0.15, 0.2) is 5.78 Å². The summed E-state index contributed by atoms with van der Waals surface area (Å²) in [6.07, 6.45) is 6.29. The summed E-state index contributed by atoms with van der Waals surface area (Å²) in [4.78, 5) is 11.5. The molecule has 0 spiro atoms. The molecule has 0 aliphatic heterocycles. The highest BCUT2D eigenvalue weighted by molar-refractivity contribution is 7.89. The highest BCUT2D eigenvalue weighted by Gasteiger charge is 2.21. The average molecular weight is 297 g/mol. The van der Waals surface area contributed by atoms with Crippen LogP contribution < -0.4 is 4.72 Å². The van der Waals surface area contributed by atoms with Gasteiger partial charge in [0.05, 0.1) is 4.90 Å². The largest absolute Gasteiger partial charge is 0.295 e. The third-order valence-electron chi connectivity index (χ3n) is 3.73. The first-order valence-corrected chi connectivity index (χ1v) is 8.61. The van der Waals surface area contributed by atoms with Gasteiger partial charge in [-0.15, -0.1) is 0 Å². The number of ketones is 1. The van der Waals surface area contributed by atoms with E-state index in [2.05, 4.69) is 4.72 Å². The third kappa shape index (κ3) is 3.90. The van der Waals surface area contributed by atoms with E-state index in [1.54, 1.807) is 12.1 Å². The summed E-state index contributed by atoms with van der Waals surface area (Å²) in [6.45, 7) is 1.43. The Morgan fingerprint density at radius 1 is 1.20 bits per heavy atom. The summed E-state index contributed by atoms with van der Waals surface area (Å²) in [7, 11) is -3.53. The highest BCUT2D eigenvalue weighted by atomic mass is 32.2. The lowest BCUT2D eigenvalue weighted by atomic mass is 10.1. The van der Waals surface area contributed by atoms with Crippen LogP contribution >= 0.6 is 0 Å². The molecule has 0 heterocycles. The maximum atomic E-state index is 12.4. The maximum absolute atomic E-state index is 12.4. The Bertz CT molecular complexity index is 578. The number of carbonyl (C=O) groups is 1. The van der Waals surface area contributed by atoms with Gasteiger partial charge in [0.25, 0.3) is 0 Å². The lowest BCUT2D eigenvalue weighted by Crippen LogP contribution is -2.34. The first-order chi connectivity index (χ1) is 9.49. The fourth-order valence-electron chi connectivity index (χ4n) is 2.57. The summed E-state index contributed by atoms with van der Waals surface area (Å²) in [5.74, 6) is -0.128. The Balaban J connectivity index is 0.00000220. The SMILES string of the molecule is CC(=O)c1cccc(S(=O)(=O)NC2CCCCCC2)c1.[HH]. The van der Waals surface area contributed by atoms with Crippen LogP contribution in [0.3, 0.4) is 0 Å². The topological polar surface area (TPSA) is 63.2 Å². The van der Waals surface area contributed by atoms with Crippen LogP contribution in [-0.4, -0.2) is 20.2 Å². The zero-order chi connectivity index (χ0) is 14.6. The molecular formula is C15H23NO3S. The minimum atomic E-state index is -3.53. The normalized spacial score (nSPS) is 17.6. The molecule has 4 nitrogen and oxygen atoms in total. The molecule has 2 rings (SSSR count). The first-order valence-electron chi connectivity index (χ1n) is 7.12. The van der Waals surface area contributed by atoms with Crippen LogP contribution in [0, 0.1) is 0 Å². The molecule has 20 heavy (non-hydrogen) atoms. The zero-order valence-electron chi connectivity index (χ0n) is 11.8. The van der Waals surface area contributed by atoms with Gasteiger partial charge in [-0.25, -0.2) is 13.1 Å². The summed E-state index contributed by atoms with van der Waals surface area (Å²) in [6, 6.07) is 6.24. The van der Waals surface area contributed by atoms with Crippen LogP contribution in [0.25, 0.3) is 0 Å². The average Bonchev–Trinajstić information content (AvgIpc) is 2.67. The molecular weight excluding hydrogens is 274 g/mol. The number of Topliss-reactive ketones (excluding diaryl/α,β-unsaturated/α-hetero) is 1. The molecule has 112 valence electrons. The van der Waals surface area contributed by atoms with E-state index in [1.807, 2.05) is 0 Å². The van der Waals surface area contributed by atoms with E-state index in [4.69, 9.17) is 0 Å². The molecule has 1 saturated carbocycles. The number of hydrogen-bond acceptors (Lipinski definition) is 3. The van der Waals surface area contributed by atoms with Gasteiger partial charge in [0.1, 0.15) is 0 Å². The summed E-state index contributed by atoms with van der Waals surface area (Å²) >= 11 is 0. The van der Waals surface area contributed by atoms with Crippen molar-refractivity contribution in [1.29, 1.82) is 0 Å². The standard InChI is InChI=1S/C15H21NO3S.H2/c1-12(17)13-7-6-10-15(11-13)20(18,19)16-14-8-4-2-3-5-9-14;/h6-7,10-11,14,16H,2-5,8-9H2,1H3;1H. The van der Waals surface area contributed by atoms with Crippen LogP contribution in [-0.2, 0) is 10.0 Å². The van der Waals surface area contributed by atoms with Crippen molar-refractivity contribution >= 4 is 15.8 Å². The Hall–Kier alpha value is -1.20. The Morgan fingerprint density at radius 3 is 2.45 bits per heavy atom. The monoisotopic (exact) mass is 297 g/mol. The molecule has 5 heteroatoms. The zero-order valence-corrected chi connectivity index (χ0v) is 12.6. The summed E-state index contributed by atoms with van der Waals surface area (Å²) < 4.78 is 27.5. The first kappa shape index (κ1) is 15.2. The lowest BCUT2D eigenvalue weighted by Gasteiger charge is -2.16. The smallest absolute Gasteiger partial charge is 0.240 e. The second kappa shape index (κ2) is 6.50. The van der Waals surface area contributed by atoms with Gasteiger partial charge in [-0.05, 0) is 31.9 Å². The second-order valence-electron chi connectivity index (χ2n) is 5.39. The van der Waals surface area contributed by atoms with Gasteiger partial charge in [-0.2, -0.15) is 0 Å². The highest BCUT2D eigenvalue weighted by Crippen LogP contribution is 2.20. The molecule has 1 aliphatic carbocycles. The van der Waals surface area contributed by atoms with Gasteiger partial charge < -0.3 is 0 Å². The van der Waals surface area contributed by atoms with E-state index in [1.165, 1.54) is 31.9 Å². The minimum absolute atomic E-state index is 0. The molecule has 1 aromatic carbocycles. The maximum Gasteiger partial charge on any atom is 0.240 e. The van der Waals surface area contributed by atoms with E-state index in [0.29, 0.717) is 5.56 Å². The molecule has 1 fully saturated rings.